The lowest BCUT2D eigenvalue weighted by Crippen LogP contribution is -2.03. The van der Waals surface area contributed by atoms with Gasteiger partial charge in [-0.2, -0.15) is 0 Å². The predicted molar refractivity (Wildman–Crippen MR) is 79.9 cm³/mol. The van der Waals surface area contributed by atoms with Gasteiger partial charge in [0.15, 0.2) is 0 Å². The molecule has 0 amide bonds. The Bertz CT molecular complexity index is 770. The van der Waals surface area contributed by atoms with Gasteiger partial charge in [-0.25, -0.2) is 4.39 Å². The Labute approximate surface area is 124 Å². The van der Waals surface area contributed by atoms with E-state index in [1.807, 2.05) is 18.2 Å². The molecule has 4 heteroatoms. The monoisotopic (exact) mass is 331 g/mol. The normalized spacial score (nSPS) is 12.6. The minimum absolute atomic E-state index is 0.254. The molecule has 3 rings (SSSR count). The molecule has 1 unspecified atom stereocenters. The van der Waals surface area contributed by atoms with Crippen molar-refractivity contribution in [1.29, 1.82) is 0 Å². The summed E-state index contributed by atoms with van der Waals surface area (Å²) < 4.78 is 14.6. The Morgan fingerprint density at radius 1 is 1.05 bits per heavy atom. The molecule has 0 saturated heterocycles. The smallest absolute Gasteiger partial charge is 0.130 e. The molecule has 0 aliphatic rings. The van der Waals surface area contributed by atoms with E-state index < -0.39 is 11.9 Å². The zero-order valence-electron chi connectivity index (χ0n) is 10.4. The third-order valence-corrected chi connectivity index (χ3v) is 3.72. The van der Waals surface area contributed by atoms with Gasteiger partial charge in [-0.1, -0.05) is 40.2 Å². The van der Waals surface area contributed by atoms with Gasteiger partial charge in [0.2, 0.25) is 0 Å². The van der Waals surface area contributed by atoms with Crippen molar-refractivity contribution in [2.45, 2.75) is 6.10 Å². The SMILES string of the molecule is OC(c1ccc(Br)cc1F)c1cccc2ncccc12. The molecule has 3 aromatic rings. The molecule has 1 aromatic heterocycles. The summed E-state index contributed by atoms with van der Waals surface area (Å²) in [6, 6.07) is 13.8. The van der Waals surface area contributed by atoms with Gasteiger partial charge in [0, 0.05) is 21.6 Å². The molecule has 1 atom stereocenters. The van der Waals surface area contributed by atoms with Crippen molar-refractivity contribution in [1.82, 2.24) is 4.98 Å². The van der Waals surface area contributed by atoms with Crippen molar-refractivity contribution in [2.24, 2.45) is 0 Å². The average molecular weight is 332 g/mol. The van der Waals surface area contributed by atoms with Crippen LogP contribution in [0, 0.1) is 5.82 Å². The van der Waals surface area contributed by atoms with E-state index in [1.54, 1.807) is 30.5 Å². The summed E-state index contributed by atoms with van der Waals surface area (Å²) in [6.45, 7) is 0. The Kier molecular flexibility index (Phi) is 3.51. The van der Waals surface area contributed by atoms with Gasteiger partial charge in [0.05, 0.1) is 5.52 Å². The van der Waals surface area contributed by atoms with Gasteiger partial charge in [-0.15, -0.1) is 0 Å². The van der Waals surface area contributed by atoms with Crippen LogP contribution in [0.4, 0.5) is 4.39 Å². The van der Waals surface area contributed by atoms with E-state index in [-0.39, 0.29) is 5.56 Å². The van der Waals surface area contributed by atoms with Crippen molar-refractivity contribution in [3.63, 3.8) is 0 Å². The third-order valence-electron chi connectivity index (χ3n) is 3.23. The van der Waals surface area contributed by atoms with E-state index in [9.17, 15) is 9.50 Å². The van der Waals surface area contributed by atoms with E-state index in [0.717, 1.165) is 10.9 Å². The van der Waals surface area contributed by atoms with Crippen LogP contribution in [0.5, 0.6) is 0 Å². The van der Waals surface area contributed by atoms with Crippen LogP contribution in [0.3, 0.4) is 0 Å². The van der Waals surface area contributed by atoms with Gasteiger partial charge < -0.3 is 5.11 Å². The van der Waals surface area contributed by atoms with Crippen LogP contribution >= 0.6 is 15.9 Å². The number of halogens is 2. The number of fused-ring (bicyclic) bond motifs is 1. The number of hydrogen-bond donors (Lipinski definition) is 1. The average Bonchev–Trinajstić information content (AvgIpc) is 2.46. The first-order valence-electron chi connectivity index (χ1n) is 6.13. The van der Waals surface area contributed by atoms with E-state index in [0.29, 0.717) is 10.0 Å². The van der Waals surface area contributed by atoms with Crippen LogP contribution in [0.15, 0.2) is 59.2 Å². The minimum Gasteiger partial charge on any atom is -0.384 e. The predicted octanol–water partition coefficient (Wildman–Crippen LogP) is 4.22. The minimum atomic E-state index is -1.02. The maximum absolute atomic E-state index is 14.0. The van der Waals surface area contributed by atoms with E-state index in [4.69, 9.17) is 0 Å². The maximum Gasteiger partial charge on any atom is 0.130 e. The molecule has 1 N–H and O–H groups in total. The summed E-state index contributed by atoms with van der Waals surface area (Å²) in [4.78, 5) is 4.24. The van der Waals surface area contributed by atoms with Crippen molar-refractivity contribution >= 4 is 26.8 Å². The molecule has 20 heavy (non-hydrogen) atoms. The molecule has 0 bridgehead atoms. The second kappa shape index (κ2) is 5.31. The molecule has 0 aliphatic carbocycles. The summed E-state index contributed by atoms with van der Waals surface area (Å²) in [5.41, 5.74) is 1.68. The summed E-state index contributed by atoms with van der Waals surface area (Å²) >= 11 is 3.21. The number of aromatic nitrogens is 1. The fourth-order valence-electron chi connectivity index (χ4n) is 2.26. The molecule has 1 heterocycles. The van der Waals surface area contributed by atoms with Gasteiger partial charge >= 0.3 is 0 Å². The lowest BCUT2D eigenvalue weighted by atomic mass is 9.97. The first-order valence-corrected chi connectivity index (χ1v) is 6.93. The molecule has 2 nitrogen and oxygen atoms in total. The summed E-state index contributed by atoms with van der Waals surface area (Å²) in [6.07, 6.45) is 0.676. The topological polar surface area (TPSA) is 33.1 Å². The van der Waals surface area contributed by atoms with Gasteiger partial charge in [0.1, 0.15) is 11.9 Å². The van der Waals surface area contributed by atoms with Crippen LogP contribution in [0.25, 0.3) is 10.9 Å². The number of hydrogen-bond acceptors (Lipinski definition) is 2. The van der Waals surface area contributed by atoms with E-state index >= 15 is 0 Å². The van der Waals surface area contributed by atoms with Gasteiger partial charge in [0.25, 0.3) is 0 Å². The summed E-state index contributed by atoms with van der Waals surface area (Å²) in [5, 5.41) is 11.3. The molecular weight excluding hydrogens is 321 g/mol. The Balaban J connectivity index is 2.15. The van der Waals surface area contributed by atoms with Crippen LogP contribution < -0.4 is 0 Å². The highest BCUT2D eigenvalue weighted by molar-refractivity contribution is 9.10. The first-order chi connectivity index (χ1) is 9.66. The second-order valence-electron chi connectivity index (χ2n) is 4.49. The lowest BCUT2D eigenvalue weighted by Gasteiger charge is -2.14. The number of rotatable bonds is 2. The molecule has 0 spiro atoms. The third kappa shape index (κ3) is 2.32. The highest BCUT2D eigenvalue weighted by Crippen LogP contribution is 2.30. The molecule has 0 saturated carbocycles. The van der Waals surface area contributed by atoms with Crippen molar-refractivity contribution in [3.05, 3.63) is 76.1 Å². The van der Waals surface area contributed by atoms with Crippen LogP contribution in [-0.2, 0) is 0 Å². The molecule has 2 aromatic carbocycles. The molecule has 0 aliphatic heterocycles. The fraction of sp³-hybridized carbons (Fsp3) is 0.0625. The van der Waals surface area contributed by atoms with Crippen molar-refractivity contribution < 1.29 is 9.50 Å². The number of nitrogens with zero attached hydrogens (tertiary/aromatic N) is 1. The molecule has 0 fully saturated rings. The number of aliphatic hydroxyl groups excluding tert-OH is 1. The number of pyridine rings is 1. The first kappa shape index (κ1) is 13.2. The number of aliphatic hydroxyl groups is 1. The quantitative estimate of drug-likeness (QED) is 0.762. The van der Waals surface area contributed by atoms with E-state index in [1.165, 1.54) is 6.07 Å². The Morgan fingerprint density at radius 2 is 1.90 bits per heavy atom. The fourth-order valence-corrected chi connectivity index (χ4v) is 2.59. The Hall–Kier alpha value is -1.78. The van der Waals surface area contributed by atoms with E-state index in [2.05, 4.69) is 20.9 Å². The highest BCUT2D eigenvalue weighted by atomic mass is 79.9. The standard InChI is InChI=1S/C16H11BrFNO/c17-10-6-7-13(14(18)9-10)16(20)12-3-1-5-15-11(12)4-2-8-19-15/h1-9,16,20H. The maximum atomic E-state index is 14.0. The molecular formula is C16H11BrFNO. The van der Waals surface area contributed by atoms with Crippen LogP contribution in [0.1, 0.15) is 17.2 Å². The number of benzene rings is 2. The van der Waals surface area contributed by atoms with Crippen molar-refractivity contribution in [3.8, 4) is 0 Å². The molecule has 100 valence electrons. The summed E-state index contributed by atoms with van der Waals surface area (Å²) in [5.74, 6) is -0.437. The highest BCUT2D eigenvalue weighted by Gasteiger charge is 2.17. The molecule has 0 radical (unpaired) electrons. The zero-order valence-corrected chi connectivity index (χ0v) is 12.0. The lowest BCUT2D eigenvalue weighted by molar-refractivity contribution is 0.216. The van der Waals surface area contributed by atoms with Gasteiger partial charge in [-0.05, 0) is 29.8 Å². The van der Waals surface area contributed by atoms with Gasteiger partial charge in [-0.3, -0.25) is 4.98 Å². The van der Waals surface area contributed by atoms with Crippen LogP contribution in [0.2, 0.25) is 0 Å². The second-order valence-corrected chi connectivity index (χ2v) is 5.40. The van der Waals surface area contributed by atoms with Crippen LogP contribution in [-0.4, -0.2) is 10.1 Å². The Morgan fingerprint density at radius 3 is 2.70 bits per heavy atom. The van der Waals surface area contributed by atoms with Crippen molar-refractivity contribution in [2.75, 3.05) is 0 Å². The largest absolute Gasteiger partial charge is 0.384 e. The summed E-state index contributed by atoms with van der Waals surface area (Å²) in [7, 11) is 0. The zero-order chi connectivity index (χ0) is 14.1.